The zero-order valence-corrected chi connectivity index (χ0v) is 18.3. The van der Waals surface area contributed by atoms with Crippen LogP contribution in [0.15, 0.2) is 75.5 Å². The molecule has 0 fully saturated rings. The maximum Gasteiger partial charge on any atom is 0.271 e. The monoisotopic (exact) mass is 454 g/mol. The zero-order valence-electron chi connectivity index (χ0n) is 15.9. The number of aromatic nitrogens is 3. The number of anilines is 1. The van der Waals surface area contributed by atoms with Crippen molar-refractivity contribution in [2.75, 3.05) is 10.5 Å². The molecule has 0 unspecified atom stereocenters. The van der Waals surface area contributed by atoms with E-state index in [1.807, 2.05) is 42.1 Å². The van der Waals surface area contributed by atoms with Crippen molar-refractivity contribution in [3.63, 3.8) is 0 Å². The van der Waals surface area contributed by atoms with Gasteiger partial charge >= 0.3 is 0 Å². The molecule has 0 radical (unpaired) electrons. The molecule has 1 aliphatic heterocycles. The number of thiophene rings is 1. The summed E-state index contributed by atoms with van der Waals surface area (Å²) < 4.78 is 30.3. The Morgan fingerprint density at radius 3 is 2.70 bits per heavy atom. The minimum atomic E-state index is -3.60. The number of thioether (sulfide) groups is 1. The fourth-order valence-electron chi connectivity index (χ4n) is 3.46. The number of nitrogens with zero attached hydrogens (tertiary/aromatic N) is 3. The molecule has 3 aromatic heterocycles. The smallest absolute Gasteiger partial charge is 0.271 e. The van der Waals surface area contributed by atoms with Crippen molar-refractivity contribution in [1.29, 1.82) is 0 Å². The maximum absolute atomic E-state index is 12.6. The van der Waals surface area contributed by atoms with E-state index in [2.05, 4.69) is 14.4 Å². The molecule has 5 rings (SSSR count). The number of hydrogen-bond acceptors (Lipinski definition) is 6. The molecular formula is C21H18N4O2S3. The first-order chi connectivity index (χ1) is 14.6. The third-order valence-electron chi connectivity index (χ3n) is 4.78. The number of nitrogens with one attached hydrogen (secondary N) is 1. The third kappa shape index (κ3) is 3.64. The molecule has 4 aromatic rings. The van der Waals surface area contributed by atoms with Gasteiger partial charge in [-0.25, -0.2) is 8.42 Å². The molecule has 0 saturated heterocycles. The maximum atomic E-state index is 12.6. The van der Waals surface area contributed by atoms with Crippen LogP contribution in [0.5, 0.6) is 0 Å². The molecule has 0 atom stereocenters. The Labute approximate surface area is 183 Å². The molecule has 1 aliphatic rings. The average molecular weight is 455 g/mol. The van der Waals surface area contributed by atoms with E-state index in [4.69, 9.17) is 5.10 Å². The van der Waals surface area contributed by atoms with Crippen molar-refractivity contribution in [2.45, 2.75) is 22.2 Å². The highest BCUT2D eigenvalue weighted by atomic mass is 32.2. The van der Waals surface area contributed by atoms with Crippen molar-refractivity contribution in [1.82, 2.24) is 14.8 Å². The average Bonchev–Trinajstić information content (AvgIpc) is 3.43. The lowest BCUT2D eigenvalue weighted by atomic mass is 10.0. The summed E-state index contributed by atoms with van der Waals surface area (Å²) in [5.74, 6) is 1.06. The fourth-order valence-corrected chi connectivity index (χ4v) is 6.61. The molecule has 9 heteroatoms. The summed E-state index contributed by atoms with van der Waals surface area (Å²) in [5.41, 5.74) is 4.36. The number of aryl methyl sites for hydroxylation is 1. The number of hydrogen-bond donors (Lipinski definition) is 1. The van der Waals surface area contributed by atoms with E-state index in [-0.39, 0.29) is 0 Å². The highest BCUT2D eigenvalue weighted by Gasteiger charge is 2.24. The Hall–Kier alpha value is -2.62. The van der Waals surface area contributed by atoms with E-state index in [1.165, 1.54) is 11.3 Å². The van der Waals surface area contributed by atoms with Gasteiger partial charge in [0.2, 0.25) is 0 Å². The summed E-state index contributed by atoms with van der Waals surface area (Å²) in [6.45, 7) is 0.880. The summed E-state index contributed by atoms with van der Waals surface area (Å²) in [6.07, 6.45) is 4.64. The fraction of sp³-hybridized carbons (Fsp3) is 0.143. The van der Waals surface area contributed by atoms with Crippen LogP contribution in [0.1, 0.15) is 6.42 Å². The first-order valence-corrected chi connectivity index (χ1v) is 12.8. The van der Waals surface area contributed by atoms with Crippen LogP contribution in [-0.2, 0) is 16.6 Å². The van der Waals surface area contributed by atoms with Crippen molar-refractivity contribution in [3.05, 3.63) is 66.3 Å². The van der Waals surface area contributed by atoms with Gasteiger partial charge in [0.1, 0.15) is 14.9 Å². The van der Waals surface area contributed by atoms with Gasteiger partial charge in [-0.05, 0) is 47.7 Å². The van der Waals surface area contributed by atoms with E-state index < -0.39 is 10.0 Å². The minimum Gasteiger partial charge on any atom is -0.279 e. The molecule has 0 aliphatic carbocycles. The van der Waals surface area contributed by atoms with Gasteiger partial charge in [0.15, 0.2) is 0 Å². The van der Waals surface area contributed by atoms with E-state index in [1.54, 1.807) is 36.0 Å². The molecule has 1 aromatic carbocycles. The second-order valence-electron chi connectivity index (χ2n) is 6.81. The standard InChI is InChI=1S/C21H18N4O2S3/c26-30(27,18-6-2-12-28-18)24-17-5-1-4-16(14-17)20-19(15-7-9-22-10-8-15)21-25(23-20)11-3-13-29-21/h1-2,4-10,12,14,24H,3,11,13H2. The van der Waals surface area contributed by atoms with Crippen molar-refractivity contribution >= 4 is 38.8 Å². The predicted octanol–water partition coefficient (Wildman–Crippen LogP) is 4.97. The van der Waals surface area contributed by atoms with Gasteiger partial charge in [-0.3, -0.25) is 14.4 Å². The highest BCUT2D eigenvalue weighted by Crippen LogP contribution is 2.41. The van der Waals surface area contributed by atoms with Crippen LogP contribution < -0.4 is 4.72 Å². The minimum absolute atomic E-state index is 0.291. The number of fused-ring (bicyclic) bond motifs is 1. The molecule has 4 heterocycles. The first kappa shape index (κ1) is 19.3. The summed E-state index contributed by atoms with van der Waals surface area (Å²) in [4.78, 5) is 4.14. The molecule has 152 valence electrons. The van der Waals surface area contributed by atoms with Crippen molar-refractivity contribution < 1.29 is 8.42 Å². The Morgan fingerprint density at radius 2 is 1.90 bits per heavy atom. The number of pyridine rings is 1. The lowest BCUT2D eigenvalue weighted by Gasteiger charge is -2.14. The van der Waals surface area contributed by atoms with Crippen LogP contribution in [0.3, 0.4) is 0 Å². The van der Waals surface area contributed by atoms with Gasteiger partial charge in [0.05, 0.1) is 0 Å². The Kier molecular flexibility index (Phi) is 5.10. The molecule has 0 spiro atoms. The van der Waals surface area contributed by atoms with Crippen molar-refractivity contribution in [2.24, 2.45) is 0 Å². The summed E-state index contributed by atoms with van der Waals surface area (Å²) >= 11 is 3.00. The summed E-state index contributed by atoms with van der Waals surface area (Å²) in [6, 6.07) is 14.7. The van der Waals surface area contributed by atoms with Gasteiger partial charge in [-0.1, -0.05) is 18.2 Å². The Bertz CT molecular complexity index is 1280. The molecular weight excluding hydrogens is 436 g/mol. The second kappa shape index (κ2) is 7.90. The molecule has 0 saturated carbocycles. The van der Waals surface area contributed by atoms with Crippen LogP contribution in [0, 0.1) is 0 Å². The van der Waals surface area contributed by atoms with Crippen LogP contribution in [0.2, 0.25) is 0 Å². The van der Waals surface area contributed by atoms with Crippen LogP contribution in [0.25, 0.3) is 22.4 Å². The number of benzene rings is 1. The molecule has 30 heavy (non-hydrogen) atoms. The quantitative estimate of drug-likeness (QED) is 0.461. The largest absolute Gasteiger partial charge is 0.279 e. The summed E-state index contributed by atoms with van der Waals surface area (Å²) in [7, 11) is -3.60. The van der Waals surface area contributed by atoms with E-state index in [0.717, 1.165) is 46.1 Å². The predicted molar refractivity (Wildman–Crippen MR) is 121 cm³/mol. The van der Waals surface area contributed by atoms with Crippen molar-refractivity contribution in [3.8, 4) is 22.4 Å². The highest BCUT2D eigenvalue weighted by molar-refractivity contribution is 7.99. The molecule has 1 N–H and O–H groups in total. The van der Waals surface area contributed by atoms with Gasteiger partial charge < -0.3 is 0 Å². The molecule has 0 bridgehead atoms. The normalized spacial score (nSPS) is 13.7. The second-order valence-corrected chi connectivity index (χ2v) is 10.7. The van der Waals surface area contributed by atoms with Gasteiger partial charge in [-0.2, -0.15) is 5.10 Å². The molecule has 6 nitrogen and oxygen atoms in total. The lowest BCUT2D eigenvalue weighted by Crippen LogP contribution is -2.11. The van der Waals surface area contributed by atoms with E-state index >= 15 is 0 Å². The zero-order chi connectivity index (χ0) is 20.6. The topological polar surface area (TPSA) is 76.9 Å². The number of rotatable bonds is 5. The Morgan fingerprint density at radius 1 is 1.03 bits per heavy atom. The van der Waals surface area contributed by atoms with Gasteiger partial charge in [0, 0.05) is 41.5 Å². The van der Waals surface area contributed by atoms with Crippen LogP contribution >= 0.6 is 23.1 Å². The van der Waals surface area contributed by atoms with Gasteiger partial charge in [0.25, 0.3) is 10.0 Å². The summed E-state index contributed by atoms with van der Waals surface area (Å²) in [5, 5.41) is 7.78. The van der Waals surface area contributed by atoms with E-state index in [0.29, 0.717) is 9.90 Å². The lowest BCUT2D eigenvalue weighted by molar-refractivity contribution is 0.550. The SMILES string of the molecule is O=S(=O)(Nc1cccc(-c2nn3c(c2-c2ccncc2)SCCC3)c1)c1cccs1. The van der Waals surface area contributed by atoms with E-state index in [9.17, 15) is 8.42 Å². The van der Waals surface area contributed by atoms with Gasteiger partial charge in [-0.15, -0.1) is 23.1 Å². The van der Waals surface area contributed by atoms with Crippen LogP contribution in [0.4, 0.5) is 5.69 Å². The first-order valence-electron chi connectivity index (χ1n) is 9.42. The Balaban J connectivity index is 1.58. The van der Waals surface area contributed by atoms with Crippen LogP contribution in [-0.4, -0.2) is 28.9 Å². The molecule has 0 amide bonds. The third-order valence-corrected chi connectivity index (χ3v) is 8.74. The number of sulfonamides is 1.